The fourth-order valence-electron chi connectivity index (χ4n) is 2.41. The molecule has 2 rings (SSSR count). The molecule has 0 bridgehead atoms. The number of pyridine rings is 1. The quantitative estimate of drug-likeness (QED) is 0.432. The van der Waals surface area contributed by atoms with Gasteiger partial charge in [-0.2, -0.15) is 0 Å². The Labute approximate surface area is 155 Å². The highest BCUT2D eigenvalue weighted by Crippen LogP contribution is 2.22. The van der Waals surface area contributed by atoms with Crippen molar-refractivity contribution in [3.63, 3.8) is 0 Å². The zero-order valence-corrected chi connectivity index (χ0v) is 16.3. The lowest BCUT2D eigenvalue weighted by atomic mass is 10.0. The van der Waals surface area contributed by atoms with Crippen LogP contribution in [0.3, 0.4) is 0 Å². The van der Waals surface area contributed by atoms with Gasteiger partial charge in [-0.3, -0.25) is 4.98 Å². The Balaban J connectivity index is 0.00000264. The van der Waals surface area contributed by atoms with E-state index in [9.17, 15) is 0 Å². The lowest BCUT2D eigenvalue weighted by Gasteiger charge is -2.14. The summed E-state index contributed by atoms with van der Waals surface area (Å²) in [6.07, 6.45) is 3.70. The molecular formula is C18H25IN4. The van der Waals surface area contributed by atoms with Gasteiger partial charge in [-0.1, -0.05) is 38.1 Å². The van der Waals surface area contributed by atoms with E-state index in [1.54, 1.807) is 6.20 Å². The predicted octanol–water partition coefficient (Wildman–Crippen LogP) is 4.06. The maximum absolute atomic E-state index is 6.06. The van der Waals surface area contributed by atoms with Crippen molar-refractivity contribution in [1.82, 2.24) is 4.98 Å². The second-order valence-electron chi connectivity index (χ2n) is 5.25. The van der Waals surface area contributed by atoms with Crippen LogP contribution in [0.25, 0.3) is 0 Å². The van der Waals surface area contributed by atoms with Gasteiger partial charge in [0.15, 0.2) is 5.96 Å². The molecule has 0 aliphatic carbocycles. The van der Waals surface area contributed by atoms with E-state index < -0.39 is 0 Å². The van der Waals surface area contributed by atoms with Crippen molar-refractivity contribution in [2.75, 3.05) is 5.32 Å². The van der Waals surface area contributed by atoms with Crippen LogP contribution in [0.15, 0.2) is 41.5 Å². The number of aryl methyl sites for hydroxylation is 3. The summed E-state index contributed by atoms with van der Waals surface area (Å²) in [5, 5.41) is 3.27. The fraction of sp³-hybridized carbons (Fsp3) is 0.333. The van der Waals surface area contributed by atoms with E-state index in [0.717, 1.165) is 29.8 Å². The van der Waals surface area contributed by atoms with Gasteiger partial charge in [-0.05, 0) is 42.5 Å². The zero-order chi connectivity index (χ0) is 15.9. The number of para-hydroxylation sites is 1. The molecule has 0 amide bonds. The summed E-state index contributed by atoms with van der Waals surface area (Å²) in [6, 6.07) is 10.3. The Morgan fingerprint density at radius 3 is 2.35 bits per heavy atom. The third-order valence-electron chi connectivity index (χ3n) is 3.77. The van der Waals surface area contributed by atoms with E-state index in [4.69, 9.17) is 5.73 Å². The van der Waals surface area contributed by atoms with Crippen LogP contribution >= 0.6 is 24.0 Å². The van der Waals surface area contributed by atoms with E-state index in [2.05, 4.69) is 47.3 Å². The number of aliphatic imine (C=N–C) groups is 1. The predicted molar refractivity (Wildman–Crippen MR) is 109 cm³/mol. The number of nitrogens with zero attached hydrogens (tertiary/aromatic N) is 2. The Hall–Kier alpha value is -1.63. The molecule has 3 N–H and O–H groups in total. The largest absolute Gasteiger partial charge is 0.370 e. The highest BCUT2D eigenvalue weighted by atomic mass is 127. The smallest absolute Gasteiger partial charge is 0.193 e. The Morgan fingerprint density at radius 1 is 1.13 bits per heavy atom. The van der Waals surface area contributed by atoms with Gasteiger partial charge >= 0.3 is 0 Å². The maximum atomic E-state index is 6.06. The lowest BCUT2D eigenvalue weighted by molar-refractivity contribution is 0.963. The van der Waals surface area contributed by atoms with E-state index >= 15 is 0 Å². The van der Waals surface area contributed by atoms with E-state index in [0.29, 0.717) is 12.5 Å². The summed E-state index contributed by atoms with van der Waals surface area (Å²) >= 11 is 0. The van der Waals surface area contributed by atoms with Crippen LogP contribution in [0.5, 0.6) is 0 Å². The minimum absolute atomic E-state index is 0. The number of hydrogen-bond acceptors (Lipinski definition) is 2. The third kappa shape index (κ3) is 5.20. The average molecular weight is 424 g/mol. The summed E-state index contributed by atoms with van der Waals surface area (Å²) in [6.45, 7) is 6.80. The molecule has 1 heterocycles. The number of benzene rings is 1. The van der Waals surface area contributed by atoms with Crippen molar-refractivity contribution in [3.8, 4) is 0 Å². The van der Waals surface area contributed by atoms with Crippen molar-refractivity contribution in [2.24, 2.45) is 10.7 Å². The van der Waals surface area contributed by atoms with Gasteiger partial charge in [0.05, 0.1) is 12.2 Å². The minimum atomic E-state index is 0. The number of anilines is 1. The first kappa shape index (κ1) is 19.4. The Kier molecular flexibility index (Phi) is 8.02. The standard InChI is InChI=1S/C18H24N4.HI/c1-4-14-9-6-10-15(5-2)17(14)22-18(19)21-12-16-13(3)8-7-11-20-16;/h6-11H,4-5,12H2,1-3H3,(H3,19,21,22);1H. The van der Waals surface area contributed by atoms with Crippen molar-refractivity contribution < 1.29 is 0 Å². The van der Waals surface area contributed by atoms with Crippen molar-refractivity contribution >= 4 is 35.6 Å². The minimum Gasteiger partial charge on any atom is -0.370 e. The first-order valence-electron chi connectivity index (χ1n) is 7.73. The fourth-order valence-corrected chi connectivity index (χ4v) is 2.41. The molecule has 0 aliphatic heterocycles. The molecule has 5 heteroatoms. The molecule has 0 spiro atoms. The molecule has 0 saturated carbocycles. The Bertz CT molecular complexity index is 646. The van der Waals surface area contributed by atoms with Gasteiger partial charge in [0.25, 0.3) is 0 Å². The second kappa shape index (κ2) is 9.50. The number of rotatable bonds is 5. The van der Waals surface area contributed by atoms with Crippen LogP contribution in [0.2, 0.25) is 0 Å². The Morgan fingerprint density at radius 2 is 1.78 bits per heavy atom. The van der Waals surface area contributed by atoms with Gasteiger partial charge in [0, 0.05) is 11.9 Å². The first-order chi connectivity index (χ1) is 10.7. The number of guanidine groups is 1. The molecule has 23 heavy (non-hydrogen) atoms. The normalized spacial score (nSPS) is 11.0. The van der Waals surface area contributed by atoms with Crippen LogP contribution in [0.4, 0.5) is 5.69 Å². The molecule has 0 radical (unpaired) electrons. The summed E-state index contributed by atoms with van der Waals surface area (Å²) in [4.78, 5) is 8.76. The highest BCUT2D eigenvalue weighted by molar-refractivity contribution is 14.0. The molecule has 1 aromatic carbocycles. The molecular weight excluding hydrogens is 399 g/mol. The van der Waals surface area contributed by atoms with E-state index in [1.165, 1.54) is 11.1 Å². The van der Waals surface area contributed by atoms with E-state index in [-0.39, 0.29) is 24.0 Å². The van der Waals surface area contributed by atoms with Gasteiger partial charge in [-0.25, -0.2) is 4.99 Å². The molecule has 4 nitrogen and oxygen atoms in total. The molecule has 124 valence electrons. The summed E-state index contributed by atoms with van der Waals surface area (Å²) in [7, 11) is 0. The topological polar surface area (TPSA) is 63.3 Å². The van der Waals surface area contributed by atoms with Gasteiger partial charge in [0.1, 0.15) is 0 Å². The van der Waals surface area contributed by atoms with Crippen molar-refractivity contribution in [3.05, 3.63) is 58.9 Å². The third-order valence-corrected chi connectivity index (χ3v) is 3.77. The summed E-state index contributed by atoms with van der Waals surface area (Å²) < 4.78 is 0. The van der Waals surface area contributed by atoms with Gasteiger partial charge in [-0.15, -0.1) is 24.0 Å². The molecule has 0 saturated heterocycles. The number of aromatic nitrogens is 1. The summed E-state index contributed by atoms with van der Waals surface area (Å²) in [5.41, 5.74) is 11.7. The van der Waals surface area contributed by atoms with Crippen LogP contribution in [0.1, 0.15) is 36.2 Å². The highest BCUT2D eigenvalue weighted by Gasteiger charge is 2.07. The number of nitrogens with two attached hydrogens (primary N) is 1. The van der Waals surface area contributed by atoms with Gasteiger partial charge in [0.2, 0.25) is 0 Å². The lowest BCUT2D eigenvalue weighted by Crippen LogP contribution is -2.24. The molecule has 0 aliphatic rings. The molecule has 2 aromatic rings. The van der Waals surface area contributed by atoms with E-state index in [1.807, 2.05) is 19.1 Å². The average Bonchev–Trinajstić information content (AvgIpc) is 2.54. The maximum Gasteiger partial charge on any atom is 0.193 e. The molecule has 0 atom stereocenters. The number of hydrogen-bond donors (Lipinski definition) is 2. The summed E-state index contributed by atoms with van der Waals surface area (Å²) in [5.74, 6) is 0.431. The van der Waals surface area contributed by atoms with Crippen molar-refractivity contribution in [2.45, 2.75) is 40.2 Å². The van der Waals surface area contributed by atoms with Crippen LogP contribution in [-0.2, 0) is 19.4 Å². The monoisotopic (exact) mass is 424 g/mol. The van der Waals surface area contributed by atoms with Crippen LogP contribution in [-0.4, -0.2) is 10.9 Å². The molecule has 1 aromatic heterocycles. The molecule has 0 fully saturated rings. The molecule has 0 unspecified atom stereocenters. The first-order valence-corrected chi connectivity index (χ1v) is 7.73. The second-order valence-corrected chi connectivity index (χ2v) is 5.25. The van der Waals surface area contributed by atoms with Gasteiger partial charge < -0.3 is 11.1 Å². The van der Waals surface area contributed by atoms with Crippen molar-refractivity contribution in [1.29, 1.82) is 0 Å². The van der Waals surface area contributed by atoms with Crippen LogP contribution < -0.4 is 11.1 Å². The number of nitrogens with one attached hydrogen (secondary N) is 1. The SMILES string of the molecule is CCc1cccc(CC)c1NC(N)=NCc1ncccc1C.I. The number of halogens is 1. The zero-order valence-electron chi connectivity index (χ0n) is 14.0. The van der Waals surface area contributed by atoms with Crippen LogP contribution in [0, 0.1) is 6.92 Å².